The van der Waals surface area contributed by atoms with Crippen LogP contribution in [0.25, 0.3) is 0 Å². The average molecular weight is 223 g/mol. The number of ether oxygens (including phenoxy) is 1. The van der Waals surface area contributed by atoms with E-state index in [0.717, 1.165) is 17.5 Å². The topological polar surface area (TPSA) is 35.2 Å². The van der Waals surface area contributed by atoms with Crippen molar-refractivity contribution >= 4 is 0 Å². The molecule has 3 heteroatoms. The maximum atomic E-state index is 14.3. The van der Waals surface area contributed by atoms with Crippen molar-refractivity contribution in [3.8, 4) is 0 Å². The predicted octanol–water partition coefficient (Wildman–Crippen LogP) is 2.21. The van der Waals surface area contributed by atoms with E-state index in [-0.39, 0.29) is 6.61 Å². The third-order valence-electron chi connectivity index (χ3n) is 3.02. The van der Waals surface area contributed by atoms with Gasteiger partial charge >= 0.3 is 0 Å². The van der Waals surface area contributed by atoms with Gasteiger partial charge in [-0.1, -0.05) is 24.3 Å². The molecule has 0 bridgehead atoms. The molecule has 1 unspecified atom stereocenters. The summed E-state index contributed by atoms with van der Waals surface area (Å²) >= 11 is 0. The Labute approximate surface area is 95.6 Å². The van der Waals surface area contributed by atoms with Crippen LogP contribution in [-0.2, 0) is 17.7 Å². The molecule has 0 radical (unpaired) electrons. The van der Waals surface area contributed by atoms with E-state index in [1.54, 1.807) is 0 Å². The van der Waals surface area contributed by atoms with E-state index in [0.29, 0.717) is 26.0 Å². The van der Waals surface area contributed by atoms with Crippen LogP contribution in [0, 0.1) is 0 Å². The fourth-order valence-electron chi connectivity index (χ4n) is 2.19. The molecule has 0 saturated carbocycles. The summed E-state index contributed by atoms with van der Waals surface area (Å²) in [5.74, 6) is 0. The van der Waals surface area contributed by atoms with Gasteiger partial charge in [-0.25, -0.2) is 4.39 Å². The molecular weight excluding hydrogens is 205 g/mol. The number of nitrogens with two attached hydrogens (primary N) is 1. The monoisotopic (exact) mass is 223 g/mol. The van der Waals surface area contributed by atoms with Crippen LogP contribution < -0.4 is 5.73 Å². The molecule has 1 atom stereocenters. The highest BCUT2D eigenvalue weighted by atomic mass is 19.1. The largest absolute Gasteiger partial charge is 0.378 e. The van der Waals surface area contributed by atoms with Crippen LogP contribution in [0.5, 0.6) is 0 Å². The number of rotatable bonds is 3. The Morgan fingerprint density at radius 3 is 2.88 bits per heavy atom. The summed E-state index contributed by atoms with van der Waals surface area (Å²) in [6, 6.07) is 7.83. The first-order chi connectivity index (χ1) is 7.72. The van der Waals surface area contributed by atoms with Crippen molar-refractivity contribution in [3.05, 3.63) is 35.4 Å². The molecule has 0 aromatic heterocycles. The van der Waals surface area contributed by atoms with Crippen molar-refractivity contribution in [2.24, 2.45) is 5.73 Å². The van der Waals surface area contributed by atoms with E-state index in [1.807, 2.05) is 24.3 Å². The Balaban J connectivity index is 2.07. The summed E-state index contributed by atoms with van der Waals surface area (Å²) in [4.78, 5) is 0. The maximum absolute atomic E-state index is 14.3. The van der Waals surface area contributed by atoms with Gasteiger partial charge in [0.2, 0.25) is 0 Å². The molecular formula is C13H18FNO. The summed E-state index contributed by atoms with van der Waals surface area (Å²) in [5.41, 5.74) is 6.44. The molecule has 16 heavy (non-hydrogen) atoms. The van der Waals surface area contributed by atoms with Gasteiger partial charge in [0.05, 0.1) is 6.61 Å². The third kappa shape index (κ3) is 2.80. The van der Waals surface area contributed by atoms with Gasteiger partial charge in [-0.2, -0.15) is 0 Å². The van der Waals surface area contributed by atoms with E-state index >= 15 is 0 Å². The first-order valence-electron chi connectivity index (χ1n) is 5.76. The number of hydrogen-bond acceptors (Lipinski definition) is 2. The lowest BCUT2D eigenvalue weighted by Crippen LogP contribution is -2.36. The predicted molar refractivity (Wildman–Crippen MR) is 61.9 cm³/mol. The Hall–Kier alpha value is -0.930. The number of benzene rings is 1. The van der Waals surface area contributed by atoms with Crippen LogP contribution in [0.1, 0.15) is 24.0 Å². The maximum Gasteiger partial charge on any atom is 0.138 e. The van der Waals surface area contributed by atoms with Crippen molar-refractivity contribution in [2.75, 3.05) is 13.2 Å². The summed E-state index contributed by atoms with van der Waals surface area (Å²) in [7, 11) is 0. The molecule has 2 rings (SSSR count). The van der Waals surface area contributed by atoms with Gasteiger partial charge in [0.25, 0.3) is 0 Å². The number of hydrogen-bond donors (Lipinski definition) is 1. The molecule has 1 aromatic carbocycles. The second kappa shape index (κ2) is 4.93. The minimum atomic E-state index is -1.19. The molecule has 1 heterocycles. The highest BCUT2D eigenvalue weighted by Gasteiger charge is 2.32. The zero-order chi connectivity index (χ0) is 11.4. The third-order valence-corrected chi connectivity index (χ3v) is 3.02. The fraction of sp³-hybridized carbons (Fsp3) is 0.538. The lowest BCUT2D eigenvalue weighted by Gasteiger charge is -2.29. The van der Waals surface area contributed by atoms with Crippen molar-refractivity contribution in [1.29, 1.82) is 0 Å². The quantitative estimate of drug-likeness (QED) is 0.852. The van der Waals surface area contributed by atoms with E-state index < -0.39 is 5.67 Å². The molecule has 0 spiro atoms. The summed E-state index contributed by atoms with van der Waals surface area (Å²) in [6.07, 6.45) is 1.84. The van der Waals surface area contributed by atoms with Crippen LogP contribution in [-0.4, -0.2) is 18.9 Å². The van der Waals surface area contributed by atoms with Crippen LogP contribution in [0.2, 0.25) is 0 Å². The highest BCUT2D eigenvalue weighted by molar-refractivity contribution is 5.24. The molecule has 2 N–H and O–H groups in total. The molecule has 0 aliphatic carbocycles. The molecule has 1 fully saturated rings. The SMILES string of the molecule is NCc1cccc(CC2(F)CCCOC2)c1. The lowest BCUT2D eigenvalue weighted by atomic mass is 9.90. The minimum absolute atomic E-state index is 0.222. The van der Waals surface area contributed by atoms with Gasteiger partial charge in [-0.15, -0.1) is 0 Å². The normalized spacial score (nSPS) is 25.6. The van der Waals surface area contributed by atoms with Crippen molar-refractivity contribution < 1.29 is 9.13 Å². The molecule has 2 nitrogen and oxygen atoms in total. The van der Waals surface area contributed by atoms with Crippen LogP contribution in [0.15, 0.2) is 24.3 Å². The molecule has 1 saturated heterocycles. The van der Waals surface area contributed by atoms with Crippen LogP contribution in [0.3, 0.4) is 0 Å². The molecule has 0 amide bonds. The zero-order valence-corrected chi connectivity index (χ0v) is 9.42. The molecule has 88 valence electrons. The molecule has 1 aliphatic rings. The van der Waals surface area contributed by atoms with Gasteiger partial charge in [0.15, 0.2) is 0 Å². The summed E-state index contributed by atoms with van der Waals surface area (Å²) in [6.45, 7) is 1.41. The average Bonchev–Trinajstić information content (AvgIpc) is 2.29. The second-order valence-corrected chi connectivity index (χ2v) is 4.51. The zero-order valence-electron chi connectivity index (χ0n) is 9.42. The summed E-state index contributed by atoms with van der Waals surface area (Å²) < 4.78 is 19.6. The smallest absolute Gasteiger partial charge is 0.138 e. The van der Waals surface area contributed by atoms with Crippen molar-refractivity contribution in [1.82, 2.24) is 0 Å². The fourth-order valence-corrected chi connectivity index (χ4v) is 2.19. The van der Waals surface area contributed by atoms with Gasteiger partial charge in [0, 0.05) is 19.6 Å². The van der Waals surface area contributed by atoms with E-state index in [9.17, 15) is 4.39 Å². The molecule has 1 aromatic rings. The second-order valence-electron chi connectivity index (χ2n) is 4.51. The first-order valence-corrected chi connectivity index (χ1v) is 5.76. The van der Waals surface area contributed by atoms with Crippen LogP contribution >= 0.6 is 0 Å². The van der Waals surface area contributed by atoms with E-state index in [4.69, 9.17) is 10.5 Å². The van der Waals surface area contributed by atoms with Gasteiger partial charge in [-0.05, 0) is 24.0 Å². The Kier molecular flexibility index (Phi) is 3.56. The highest BCUT2D eigenvalue weighted by Crippen LogP contribution is 2.27. The minimum Gasteiger partial charge on any atom is -0.378 e. The van der Waals surface area contributed by atoms with Crippen LogP contribution in [0.4, 0.5) is 4.39 Å². The van der Waals surface area contributed by atoms with Crippen molar-refractivity contribution in [3.63, 3.8) is 0 Å². The van der Waals surface area contributed by atoms with Gasteiger partial charge in [0.1, 0.15) is 5.67 Å². The first kappa shape index (κ1) is 11.6. The van der Waals surface area contributed by atoms with Crippen molar-refractivity contribution in [2.45, 2.75) is 31.5 Å². The Bertz CT molecular complexity index is 348. The van der Waals surface area contributed by atoms with E-state index in [1.165, 1.54) is 0 Å². The van der Waals surface area contributed by atoms with E-state index in [2.05, 4.69) is 0 Å². The van der Waals surface area contributed by atoms with Gasteiger partial charge < -0.3 is 10.5 Å². The standard InChI is InChI=1S/C13H18FNO/c14-13(5-2-6-16-10-13)8-11-3-1-4-12(7-11)9-15/h1,3-4,7H,2,5-6,8-10,15H2. The number of halogens is 1. The Morgan fingerprint density at radius 2 is 2.19 bits per heavy atom. The number of alkyl halides is 1. The molecule has 1 aliphatic heterocycles. The van der Waals surface area contributed by atoms with Gasteiger partial charge in [-0.3, -0.25) is 0 Å². The lowest BCUT2D eigenvalue weighted by molar-refractivity contribution is -0.0308. The Morgan fingerprint density at radius 1 is 1.38 bits per heavy atom. The summed E-state index contributed by atoms with van der Waals surface area (Å²) in [5, 5.41) is 0.